The van der Waals surface area contributed by atoms with Gasteiger partial charge < -0.3 is 9.88 Å². The van der Waals surface area contributed by atoms with Crippen molar-refractivity contribution in [2.45, 2.75) is 51.4 Å². The van der Waals surface area contributed by atoms with Crippen molar-refractivity contribution in [2.24, 2.45) is 11.3 Å². The first-order chi connectivity index (χ1) is 10.9. The van der Waals surface area contributed by atoms with E-state index in [4.69, 9.17) is 5.26 Å². The molecule has 23 heavy (non-hydrogen) atoms. The molecule has 0 bridgehead atoms. The first kappa shape index (κ1) is 15.8. The lowest BCUT2D eigenvalue weighted by molar-refractivity contribution is -0.182. The summed E-state index contributed by atoms with van der Waals surface area (Å²) in [4.78, 5) is 12.1. The molecule has 1 aromatic heterocycles. The number of nitrogens with one attached hydrogen (secondary N) is 1. The third kappa shape index (κ3) is 2.78. The highest BCUT2D eigenvalue weighted by Gasteiger charge is 2.45. The Labute approximate surface area is 130 Å². The van der Waals surface area contributed by atoms with E-state index in [9.17, 15) is 18.0 Å². The largest absolute Gasteiger partial charge is 0.393 e. The normalized spacial score (nSPS) is 22.6. The van der Waals surface area contributed by atoms with Gasteiger partial charge in [0, 0.05) is 13.0 Å². The SMILES string of the molecule is N#CC1(C(=O)NCc2nnc3n2CC(C(F)(F)F)CC3)CCC1. The summed E-state index contributed by atoms with van der Waals surface area (Å²) in [6.45, 7) is -0.236. The first-order valence-corrected chi connectivity index (χ1v) is 7.53. The Bertz CT molecular complexity index is 656. The Hall–Kier alpha value is -2.11. The van der Waals surface area contributed by atoms with Crippen LogP contribution in [0.3, 0.4) is 0 Å². The van der Waals surface area contributed by atoms with Crippen LogP contribution in [-0.4, -0.2) is 26.8 Å². The second-order valence-corrected chi connectivity index (χ2v) is 6.15. The van der Waals surface area contributed by atoms with Crippen LogP contribution < -0.4 is 5.32 Å². The number of nitriles is 1. The van der Waals surface area contributed by atoms with Crippen molar-refractivity contribution in [3.8, 4) is 6.07 Å². The molecular formula is C14H16F3N5O. The maximum atomic E-state index is 12.9. The van der Waals surface area contributed by atoms with Crippen LogP contribution in [0.1, 0.15) is 37.3 Å². The van der Waals surface area contributed by atoms with Gasteiger partial charge in [-0.15, -0.1) is 10.2 Å². The maximum absolute atomic E-state index is 12.9. The molecule has 2 aliphatic rings. The summed E-state index contributed by atoms with van der Waals surface area (Å²) < 4.78 is 40.1. The second-order valence-electron chi connectivity index (χ2n) is 6.15. The van der Waals surface area contributed by atoms with Gasteiger partial charge in [-0.05, 0) is 25.7 Å². The molecule has 2 heterocycles. The van der Waals surface area contributed by atoms with Gasteiger partial charge >= 0.3 is 6.18 Å². The minimum Gasteiger partial charge on any atom is -0.347 e. The number of aromatic nitrogens is 3. The first-order valence-electron chi connectivity index (χ1n) is 7.53. The van der Waals surface area contributed by atoms with Gasteiger partial charge in [-0.2, -0.15) is 18.4 Å². The predicted octanol–water partition coefficient (Wildman–Crippen LogP) is 1.71. The molecule has 124 valence electrons. The lowest BCUT2D eigenvalue weighted by atomic mass is 9.69. The Morgan fingerprint density at radius 1 is 1.43 bits per heavy atom. The minimum absolute atomic E-state index is 0.00549. The topological polar surface area (TPSA) is 83.6 Å². The van der Waals surface area contributed by atoms with E-state index in [2.05, 4.69) is 15.5 Å². The summed E-state index contributed by atoms with van der Waals surface area (Å²) in [5, 5.41) is 19.5. The van der Waals surface area contributed by atoms with E-state index >= 15 is 0 Å². The van der Waals surface area contributed by atoms with Gasteiger partial charge in [-0.1, -0.05) is 0 Å². The molecule has 1 aliphatic carbocycles. The number of fused-ring (bicyclic) bond motifs is 1. The van der Waals surface area contributed by atoms with Gasteiger partial charge in [0.25, 0.3) is 0 Å². The van der Waals surface area contributed by atoms with Gasteiger partial charge in [-0.25, -0.2) is 0 Å². The lowest BCUT2D eigenvalue weighted by Crippen LogP contribution is -2.44. The molecule has 1 amide bonds. The lowest BCUT2D eigenvalue weighted by Gasteiger charge is -2.33. The number of alkyl halides is 3. The van der Waals surface area contributed by atoms with Crippen LogP contribution in [0.15, 0.2) is 0 Å². The molecule has 6 nitrogen and oxygen atoms in total. The van der Waals surface area contributed by atoms with Gasteiger partial charge in [-0.3, -0.25) is 4.79 Å². The molecular weight excluding hydrogens is 311 g/mol. The number of halogens is 3. The molecule has 1 aliphatic heterocycles. The van der Waals surface area contributed by atoms with Gasteiger partial charge in [0.1, 0.15) is 11.2 Å². The average molecular weight is 327 g/mol. The second kappa shape index (κ2) is 5.51. The molecule has 1 aromatic rings. The molecule has 0 spiro atoms. The standard InChI is InChI=1S/C14H16F3N5O/c15-14(16,17)9-2-3-10-20-21-11(22(10)7-9)6-19-12(23)13(8-18)4-1-5-13/h9H,1-7H2,(H,19,23). The molecule has 1 N–H and O–H groups in total. The number of carbonyl (C=O) groups is 1. The fourth-order valence-corrected chi connectivity index (χ4v) is 3.03. The minimum atomic E-state index is -4.25. The fourth-order valence-electron chi connectivity index (χ4n) is 3.03. The summed E-state index contributed by atoms with van der Waals surface area (Å²) in [5.41, 5.74) is -0.987. The van der Waals surface area contributed by atoms with E-state index in [0.717, 1.165) is 6.42 Å². The van der Waals surface area contributed by atoms with Crippen LogP contribution >= 0.6 is 0 Å². The Morgan fingerprint density at radius 3 is 2.74 bits per heavy atom. The van der Waals surface area contributed by atoms with Crippen molar-refractivity contribution in [2.75, 3.05) is 0 Å². The highest BCUT2D eigenvalue weighted by molar-refractivity contribution is 5.86. The average Bonchev–Trinajstić information content (AvgIpc) is 2.86. The molecule has 0 aromatic carbocycles. The number of nitrogens with zero attached hydrogens (tertiary/aromatic N) is 4. The molecule has 1 atom stereocenters. The highest BCUT2D eigenvalue weighted by atomic mass is 19.4. The van der Waals surface area contributed by atoms with Crippen LogP contribution in [0.25, 0.3) is 0 Å². The number of rotatable bonds is 3. The smallest absolute Gasteiger partial charge is 0.347 e. The highest BCUT2D eigenvalue weighted by Crippen LogP contribution is 2.40. The number of aryl methyl sites for hydroxylation is 1. The zero-order valence-corrected chi connectivity index (χ0v) is 12.4. The zero-order valence-electron chi connectivity index (χ0n) is 12.4. The van der Waals surface area contributed by atoms with E-state index in [1.807, 2.05) is 6.07 Å². The third-order valence-corrected chi connectivity index (χ3v) is 4.75. The quantitative estimate of drug-likeness (QED) is 0.916. The van der Waals surface area contributed by atoms with Crippen LogP contribution in [0.4, 0.5) is 13.2 Å². The van der Waals surface area contributed by atoms with E-state index in [1.54, 1.807) is 0 Å². The molecule has 1 fully saturated rings. The van der Waals surface area contributed by atoms with Crippen molar-refractivity contribution in [1.29, 1.82) is 5.26 Å². The van der Waals surface area contributed by atoms with Gasteiger partial charge in [0.15, 0.2) is 5.82 Å². The fraction of sp³-hybridized carbons (Fsp3) is 0.714. The molecule has 1 unspecified atom stereocenters. The summed E-state index contributed by atoms with van der Waals surface area (Å²) in [5.74, 6) is -0.993. The van der Waals surface area contributed by atoms with Crippen molar-refractivity contribution < 1.29 is 18.0 Å². The van der Waals surface area contributed by atoms with Gasteiger partial charge in [0.05, 0.1) is 18.5 Å². The number of carbonyl (C=O) groups excluding carboxylic acids is 1. The van der Waals surface area contributed by atoms with Crippen LogP contribution in [0, 0.1) is 22.7 Å². The molecule has 0 radical (unpaired) electrons. The van der Waals surface area contributed by atoms with Crippen LogP contribution in [0.5, 0.6) is 0 Å². The number of hydrogen-bond acceptors (Lipinski definition) is 4. The van der Waals surface area contributed by atoms with Crippen molar-refractivity contribution in [3.05, 3.63) is 11.6 Å². The summed E-state index contributed by atoms with van der Waals surface area (Å²) in [7, 11) is 0. The maximum Gasteiger partial charge on any atom is 0.393 e. The van der Waals surface area contributed by atoms with E-state index in [-0.39, 0.29) is 31.8 Å². The number of hydrogen-bond donors (Lipinski definition) is 1. The van der Waals surface area contributed by atoms with E-state index in [1.165, 1.54) is 4.57 Å². The van der Waals surface area contributed by atoms with Crippen molar-refractivity contribution in [3.63, 3.8) is 0 Å². The molecule has 0 saturated heterocycles. The molecule has 9 heteroatoms. The van der Waals surface area contributed by atoms with Crippen LogP contribution in [0.2, 0.25) is 0 Å². The van der Waals surface area contributed by atoms with Crippen molar-refractivity contribution >= 4 is 5.91 Å². The van der Waals surface area contributed by atoms with Crippen molar-refractivity contribution in [1.82, 2.24) is 20.1 Å². The Balaban J connectivity index is 1.68. The third-order valence-electron chi connectivity index (χ3n) is 4.75. The Kier molecular flexibility index (Phi) is 3.78. The van der Waals surface area contributed by atoms with E-state index < -0.39 is 17.5 Å². The van der Waals surface area contributed by atoms with Crippen LogP contribution in [-0.2, 0) is 24.3 Å². The monoisotopic (exact) mass is 327 g/mol. The zero-order chi connectivity index (χ0) is 16.7. The summed E-state index contributed by atoms with van der Waals surface area (Å²) >= 11 is 0. The van der Waals surface area contributed by atoms with E-state index in [0.29, 0.717) is 24.5 Å². The summed E-state index contributed by atoms with van der Waals surface area (Å²) in [6.07, 6.45) is -2.17. The Morgan fingerprint density at radius 2 is 2.17 bits per heavy atom. The predicted molar refractivity (Wildman–Crippen MR) is 71.6 cm³/mol. The molecule has 3 rings (SSSR count). The summed E-state index contributed by atoms with van der Waals surface area (Å²) in [6, 6.07) is 2.03. The molecule has 1 saturated carbocycles. The number of amides is 1. The van der Waals surface area contributed by atoms with Gasteiger partial charge in [0.2, 0.25) is 5.91 Å².